The molecule has 0 aliphatic heterocycles. The molecule has 0 atom stereocenters. The molecule has 18 heavy (non-hydrogen) atoms. The normalized spacial score (nSPS) is 11.3. The smallest absolute Gasteiger partial charge is 0.261 e. The SMILES string of the molecule is CCCCC(=O)Nc1ccc(S(=O)(=O)Cl)cc1Br. The molecule has 1 aromatic carbocycles. The van der Waals surface area contributed by atoms with E-state index >= 15 is 0 Å². The summed E-state index contributed by atoms with van der Waals surface area (Å²) < 4.78 is 22.7. The summed E-state index contributed by atoms with van der Waals surface area (Å²) in [4.78, 5) is 11.5. The first-order valence-electron chi connectivity index (χ1n) is 5.38. The Labute approximate surface area is 119 Å². The molecule has 1 rings (SSSR count). The number of amides is 1. The van der Waals surface area contributed by atoms with E-state index in [2.05, 4.69) is 21.2 Å². The van der Waals surface area contributed by atoms with Gasteiger partial charge in [0.05, 0.1) is 10.6 Å². The molecular weight excluding hydrogens is 342 g/mol. The van der Waals surface area contributed by atoms with Crippen LogP contribution in [0.3, 0.4) is 0 Å². The van der Waals surface area contributed by atoms with Crippen LogP contribution in [0, 0.1) is 0 Å². The average Bonchev–Trinajstić information content (AvgIpc) is 2.27. The second kappa shape index (κ2) is 6.54. The van der Waals surface area contributed by atoms with Crippen LogP contribution in [0.2, 0.25) is 0 Å². The fourth-order valence-electron chi connectivity index (χ4n) is 1.30. The summed E-state index contributed by atoms with van der Waals surface area (Å²) in [6, 6.07) is 4.21. The lowest BCUT2D eigenvalue weighted by Crippen LogP contribution is -2.11. The van der Waals surface area contributed by atoms with Gasteiger partial charge in [-0.2, -0.15) is 0 Å². The van der Waals surface area contributed by atoms with Gasteiger partial charge in [-0.15, -0.1) is 0 Å². The number of hydrogen-bond acceptors (Lipinski definition) is 3. The van der Waals surface area contributed by atoms with Gasteiger partial charge in [-0.05, 0) is 40.5 Å². The topological polar surface area (TPSA) is 63.2 Å². The van der Waals surface area contributed by atoms with Crippen molar-refractivity contribution in [1.82, 2.24) is 0 Å². The predicted octanol–water partition coefficient (Wildman–Crippen LogP) is 3.51. The summed E-state index contributed by atoms with van der Waals surface area (Å²) >= 11 is 3.20. The van der Waals surface area contributed by atoms with Gasteiger partial charge < -0.3 is 5.32 Å². The van der Waals surface area contributed by atoms with E-state index in [1.54, 1.807) is 0 Å². The first-order valence-corrected chi connectivity index (χ1v) is 8.49. The number of rotatable bonds is 5. The van der Waals surface area contributed by atoms with Crippen molar-refractivity contribution in [3.63, 3.8) is 0 Å². The van der Waals surface area contributed by atoms with Crippen LogP contribution in [0.25, 0.3) is 0 Å². The summed E-state index contributed by atoms with van der Waals surface area (Å²) in [6.07, 6.45) is 2.20. The number of carbonyl (C=O) groups excluding carboxylic acids is 1. The van der Waals surface area contributed by atoms with Crippen LogP contribution in [-0.2, 0) is 13.8 Å². The molecule has 0 unspecified atom stereocenters. The summed E-state index contributed by atoms with van der Waals surface area (Å²) in [5.41, 5.74) is 0.528. The average molecular weight is 355 g/mol. The van der Waals surface area contributed by atoms with Crippen LogP contribution < -0.4 is 5.32 Å². The molecule has 0 spiro atoms. The van der Waals surface area contributed by atoms with Crippen molar-refractivity contribution in [3.8, 4) is 0 Å². The van der Waals surface area contributed by atoms with Crippen molar-refractivity contribution in [1.29, 1.82) is 0 Å². The number of halogens is 2. The molecule has 0 heterocycles. The Morgan fingerprint density at radius 1 is 1.44 bits per heavy atom. The second-order valence-corrected chi connectivity index (χ2v) is 7.15. The number of unbranched alkanes of at least 4 members (excludes halogenated alkanes) is 1. The van der Waals surface area contributed by atoms with Gasteiger partial charge in [-0.3, -0.25) is 4.79 Å². The molecule has 0 saturated carbocycles. The Bertz CT molecular complexity index is 545. The second-order valence-electron chi connectivity index (χ2n) is 3.73. The first kappa shape index (κ1) is 15.5. The Kier molecular flexibility index (Phi) is 5.62. The molecule has 0 saturated heterocycles. The zero-order valence-electron chi connectivity index (χ0n) is 9.74. The Balaban J connectivity index is 2.84. The van der Waals surface area contributed by atoms with Gasteiger partial charge in [0, 0.05) is 21.6 Å². The van der Waals surface area contributed by atoms with Crippen LogP contribution in [0.5, 0.6) is 0 Å². The van der Waals surface area contributed by atoms with Crippen LogP contribution in [0.15, 0.2) is 27.6 Å². The Hall–Kier alpha value is -0.590. The van der Waals surface area contributed by atoms with E-state index in [1.807, 2.05) is 6.92 Å². The third kappa shape index (κ3) is 4.59. The third-order valence-electron chi connectivity index (χ3n) is 2.25. The molecule has 1 aromatic rings. The Morgan fingerprint density at radius 2 is 2.11 bits per heavy atom. The van der Waals surface area contributed by atoms with Gasteiger partial charge in [-0.25, -0.2) is 8.42 Å². The predicted molar refractivity (Wildman–Crippen MR) is 75.3 cm³/mol. The molecule has 1 N–H and O–H groups in total. The van der Waals surface area contributed by atoms with E-state index in [-0.39, 0.29) is 10.8 Å². The van der Waals surface area contributed by atoms with Gasteiger partial charge in [0.15, 0.2) is 0 Å². The van der Waals surface area contributed by atoms with E-state index in [4.69, 9.17) is 10.7 Å². The number of carbonyl (C=O) groups is 1. The lowest BCUT2D eigenvalue weighted by molar-refractivity contribution is -0.116. The molecule has 4 nitrogen and oxygen atoms in total. The lowest BCUT2D eigenvalue weighted by atomic mass is 10.2. The van der Waals surface area contributed by atoms with E-state index in [0.717, 1.165) is 12.8 Å². The highest BCUT2D eigenvalue weighted by molar-refractivity contribution is 9.10. The number of anilines is 1. The highest BCUT2D eigenvalue weighted by Crippen LogP contribution is 2.27. The van der Waals surface area contributed by atoms with Crippen molar-refractivity contribution >= 4 is 47.3 Å². The largest absolute Gasteiger partial charge is 0.325 e. The van der Waals surface area contributed by atoms with Gasteiger partial charge in [0.25, 0.3) is 9.05 Å². The molecule has 0 aliphatic rings. The molecule has 100 valence electrons. The fourth-order valence-corrected chi connectivity index (χ4v) is 2.71. The van der Waals surface area contributed by atoms with Gasteiger partial charge in [-0.1, -0.05) is 13.3 Å². The summed E-state index contributed by atoms with van der Waals surface area (Å²) in [5, 5.41) is 2.70. The first-order chi connectivity index (χ1) is 8.34. The molecule has 0 fully saturated rings. The van der Waals surface area contributed by atoms with Crippen LogP contribution in [0.1, 0.15) is 26.2 Å². The monoisotopic (exact) mass is 353 g/mol. The van der Waals surface area contributed by atoms with Gasteiger partial charge in [0.2, 0.25) is 5.91 Å². The van der Waals surface area contributed by atoms with E-state index in [1.165, 1.54) is 18.2 Å². The van der Waals surface area contributed by atoms with E-state index in [0.29, 0.717) is 16.6 Å². The molecule has 7 heteroatoms. The zero-order chi connectivity index (χ0) is 13.8. The Morgan fingerprint density at radius 3 is 2.61 bits per heavy atom. The highest BCUT2D eigenvalue weighted by Gasteiger charge is 2.13. The maximum absolute atomic E-state index is 11.5. The summed E-state index contributed by atoms with van der Waals surface area (Å²) in [7, 11) is 1.47. The molecule has 0 bridgehead atoms. The number of hydrogen-bond donors (Lipinski definition) is 1. The molecule has 1 amide bonds. The molecule has 0 aromatic heterocycles. The fraction of sp³-hybridized carbons (Fsp3) is 0.364. The summed E-state index contributed by atoms with van der Waals surface area (Å²) in [6.45, 7) is 2.00. The zero-order valence-corrected chi connectivity index (χ0v) is 12.9. The van der Waals surface area contributed by atoms with Crippen LogP contribution in [-0.4, -0.2) is 14.3 Å². The minimum atomic E-state index is -3.76. The lowest BCUT2D eigenvalue weighted by Gasteiger charge is -2.08. The minimum Gasteiger partial charge on any atom is -0.325 e. The van der Waals surface area contributed by atoms with E-state index in [9.17, 15) is 13.2 Å². The van der Waals surface area contributed by atoms with Crippen molar-refractivity contribution < 1.29 is 13.2 Å². The molecular formula is C11H13BrClNO3S. The maximum atomic E-state index is 11.5. The highest BCUT2D eigenvalue weighted by atomic mass is 79.9. The molecule has 0 aliphatic carbocycles. The quantitative estimate of drug-likeness (QED) is 0.823. The van der Waals surface area contributed by atoms with Crippen molar-refractivity contribution in [2.24, 2.45) is 0 Å². The number of nitrogens with one attached hydrogen (secondary N) is 1. The van der Waals surface area contributed by atoms with E-state index < -0.39 is 9.05 Å². The third-order valence-corrected chi connectivity index (χ3v) is 4.26. The van der Waals surface area contributed by atoms with Crippen molar-refractivity contribution in [2.75, 3.05) is 5.32 Å². The standard InChI is InChI=1S/C11H13BrClNO3S/c1-2-3-4-11(15)14-10-6-5-8(7-9(10)12)18(13,16)17/h5-7H,2-4H2,1H3,(H,14,15). The number of benzene rings is 1. The molecule has 0 radical (unpaired) electrons. The summed E-state index contributed by atoms with van der Waals surface area (Å²) in [5.74, 6) is -0.0981. The van der Waals surface area contributed by atoms with Gasteiger partial charge >= 0.3 is 0 Å². The van der Waals surface area contributed by atoms with Crippen molar-refractivity contribution in [2.45, 2.75) is 31.1 Å². The maximum Gasteiger partial charge on any atom is 0.261 e. The van der Waals surface area contributed by atoms with Crippen LogP contribution in [0.4, 0.5) is 5.69 Å². The van der Waals surface area contributed by atoms with Crippen LogP contribution >= 0.6 is 26.6 Å². The minimum absolute atomic E-state index is 0.0115. The van der Waals surface area contributed by atoms with Gasteiger partial charge in [0.1, 0.15) is 0 Å². The van der Waals surface area contributed by atoms with Crippen molar-refractivity contribution in [3.05, 3.63) is 22.7 Å².